The molecule has 16 heavy (non-hydrogen) atoms. The summed E-state index contributed by atoms with van der Waals surface area (Å²) in [5, 5.41) is 11.0. The first-order chi connectivity index (χ1) is 7.58. The topological polar surface area (TPSA) is 20.2 Å². The SMILES string of the molecule is CP1(=S)CCC2=C1c1ccc(O)cc1CC2. The fraction of sp³-hybridized carbons (Fsp3) is 0.385. The minimum Gasteiger partial charge on any atom is -0.508 e. The number of aromatic hydroxyl groups is 1. The van der Waals surface area contributed by atoms with E-state index in [2.05, 4.69) is 12.7 Å². The molecule has 1 atom stereocenters. The third kappa shape index (κ3) is 1.48. The first-order valence-electron chi connectivity index (χ1n) is 5.69. The summed E-state index contributed by atoms with van der Waals surface area (Å²) >= 11 is 5.81. The highest BCUT2D eigenvalue weighted by Gasteiger charge is 2.32. The molecule has 1 aliphatic heterocycles. The summed E-state index contributed by atoms with van der Waals surface area (Å²) in [5.74, 6) is 0.380. The lowest BCUT2D eigenvalue weighted by Gasteiger charge is -2.23. The molecule has 1 aromatic rings. The molecule has 1 unspecified atom stereocenters. The maximum Gasteiger partial charge on any atom is 0.115 e. The largest absolute Gasteiger partial charge is 0.508 e. The molecule has 0 saturated carbocycles. The standard InChI is InChI=1S/C13H15OPS/c1-15(16)7-6-9-2-3-10-8-11(14)4-5-12(10)13(9)15/h4-5,8,14H,2-3,6-7H2,1H3. The van der Waals surface area contributed by atoms with Gasteiger partial charge in [0.25, 0.3) is 0 Å². The second-order valence-electron chi connectivity index (χ2n) is 4.87. The van der Waals surface area contributed by atoms with Crippen molar-refractivity contribution in [1.29, 1.82) is 0 Å². The van der Waals surface area contributed by atoms with Crippen molar-refractivity contribution in [2.24, 2.45) is 0 Å². The van der Waals surface area contributed by atoms with Gasteiger partial charge in [0.1, 0.15) is 5.75 Å². The van der Waals surface area contributed by atoms with Crippen molar-refractivity contribution >= 4 is 23.2 Å². The molecule has 0 radical (unpaired) electrons. The molecule has 1 nitrogen and oxygen atoms in total. The van der Waals surface area contributed by atoms with E-state index < -0.39 is 6.04 Å². The summed E-state index contributed by atoms with van der Waals surface area (Å²) < 4.78 is 0. The Morgan fingerprint density at radius 1 is 1.25 bits per heavy atom. The number of fused-ring (bicyclic) bond motifs is 2. The Kier molecular flexibility index (Phi) is 2.28. The van der Waals surface area contributed by atoms with Gasteiger partial charge < -0.3 is 5.11 Å². The summed E-state index contributed by atoms with van der Waals surface area (Å²) in [6, 6.07) is 4.48. The Hall–Kier alpha value is -0.590. The molecule has 0 saturated heterocycles. The minimum absolute atomic E-state index is 0.380. The molecular formula is C13H15OPS. The zero-order chi connectivity index (χ0) is 11.3. The number of phenols is 1. The van der Waals surface area contributed by atoms with Crippen LogP contribution in [0.25, 0.3) is 5.31 Å². The number of rotatable bonds is 0. The molecule has 84 valence electrons. The average Bonchev–Trinajstić information content (AvgIpc) is 2.55. The minimum atomic E-state index is -1.29. The Morgan fingerprint density at radius 3 is 2.88 bits per heavy atom. The first-order valence-corrected chi connectivity index (χ1v) is 9.13. The Labute approximate surface area is 101 Å². The van der Waals surface area contributed by atoms with E-state index in [9.17, 15) is 5.11 Å². The Balaban J connectivity index is 2.23. The van der Waals surface area contributed by atoms with Crippen LogP contribution in [-0.2, 0) is 18.2 Å². The van der Waals surface area contributed by atoms with Gasteiger partial charge >= 0.3 is 0 Å². The molecule has 0 bridgehead atoms. The van der Waals surface area contributed by atoms with Crippen molar-refractivity contribution < 1.29 is 5.11 Å². The van der Waals surface area contributed by atoms with Crippen LogP contribution in [-0.4, -0.2) is 17.9 Å². The van der Waals surface area contributed by atoms with Crippen molar-refractivity contribution in [2.75, 3.05) is 12.8 Å². The molecule has 0 aromatic heterocycles. The third-order valence-electron chi connectivity index (χ3n) is 3.69. The molecular weight excluding hydrogens is 235 g/mol. The van der Waals surface area contributed by atoms with Crippen LogP contribution in [0.5, 0.6) is 5.75 Å². The predicted octanol–water partition coefficient (Wildman–Crippen LogP) is 3.56. The van der Waals surface area contributed by atoms with Crippen LogP contribution in [0.15, 0.2) is 23.8 Å². The smallest absolute Gasteiger partial charge is 0.115 e. The van der Waals surface area contributed by atoms with Crippen LogP contribution in [0.1, 0.15) is 24.0 Å². The first kappa shape index (κ1) is 10.6. The van der Waals surface area contributed by atoms with Gasteiger partial charge in [0, 0.05) is 0 Å². The van der Waals surface area contributed by atoms with Crippen molar-refractivity contribution in [3.63, 3.8) is 0 Å². The molecule has 0 spiro atoms. The molecule has 3 rings (SSSR count). The van der Waals surface area contributed by atoms with Gasteiger partial charge in [-0.3, -0.25) is 0 Å². The van der Waals surface area contributed by atoms with Gasteiger partial charge in [-0.05, 0) is 66.7 Å². The quantitative estimate of drug-likeness (QED) is 0.710. The van der Waals surface area contributed by atoms with Crippen molar-refractivity contribution in [3.8, 4) is 5.75 Å². The lowest BCUT2D eigenvalue weighted by atomic mass is 9.91. The van der Waals surface area contributed by atoms with Crippen LogP contribution in [0, 0.1) is 0 Å². The molecule has 0 amide bonds. The van der Waals surface area contributed by atoms with Gasteiger partial charge in [-0.15, -0.1) is 0 Å². The van der Waals surface area contributed by atoms with Crippen LogP contribution >= 0.6 is 6.04 Å². The highest BCUT2D eigenvalue weighted by molar-refractivity contribution is 8.19. The second kappa shape index (κ2) is 3.45. The fourth-order valence-corrected chi connectivity index (χ4v) is 6.40. The van der Waals surface area contributed by atoms with E-state index in [1.165, 1.54) is 29.0 Å². The summed E-state index contributed by atoms with van der Waals surface area (Å²) in [6.45, 7) is 2.27. The fourth-order valence-electron chi connectivity index (χ4n) is 2.91. The van der Waals surface area contributed by atoms with Crippen LogP contribution < -0.4 is 0 Å². The van der Waals surface area contributed by atoms with Gasteiger partial charge in [-0.2, -0.15) is 0 Å². The number of hydrogen-bond acceptors (Lipinski definition) is 2. The molecule has 1 aromatic carbocycles. The van der Waals surface area contributed by atoms with E-state index in [0.717, 1.165) is 12.8 Å². The maximum absolute atomic E-state index is 9.53. The van der Waals surface area contributed by atoms with E-state index in [1.807, 2.05) is 6.07 Å². The zero-order valence-electron chi connectivity index (χ0n) is 9.36. The maximum atomic E-state index is 9.53. The van der Waals surface area contributed by atoms with Crippen molar-refractivity contribution in [1.82, 2.24) is 0 Å². The van der Waals surface area contributed by atoms with Gasteiger partial charge in [-0.1, -0.05) is 23.4 Å². The third-order valence-corrected chi connectivity index (χ3v) is 7.36. The van der Waals surface area contributed by atoms with Crippen molar-refractivity contribution in [3.05, 3.63) is 34.9 Å². The molecule has 2 aliphatic rings. The van der Waals surface area contributed by atoms with Gasteiger partial charge in [0.2, 0.25) is 0 Å². The normalized spacial score (nSPS) is 27.8. The van der Waals surface area contributed by atoms with Crippen LogP contribution in [0.3, 0.4) is 0 Å². The summed E-state index contributed by atoms with van der Waals surface area (Å²) in [5.41, 5.74) is 4.23. The molecule has 1 aliphatic carbocycles. The molecule has 1 heterocycles. The van der Waals surface area contributed by atoms with E-state index in [1.54, 1.807) is 11.6 Å². The lowest BCUT2D eigenvalue weighted by Crippen LogP contribution is -2.01. The van der Waals surface area contributed by atoms with Crippen LogP contribution in [0.2, 0.25) is 0 Å². The number of hydrogen-bond donors (Lipinski definition) is 1. The average molecular weight is 250 g/mol. The summed E-state index contributed by atoms with van der Waals surface area (Å²) in [6.07, 6.45) is 4.63. The zero-order valence-corrected chi connectivity index (χ0v) is 11.1. The summed E-state index contributed by atoms with van der Waals surface area (Å²) in [4.78, 5) is 0. The highest BCUT2D eigenvalue weighted by Crippen LogP contribution is 2.65. The number of aryl methyl sites for hydroxylation is 1. The van der Waals surface area contributed by atoms with Gasteiger partial charge in [-0.25, -0.2) is 0 Å². The lowest BCUT2D eigenvalue weighted by molar-refractivity contribution is 0.474. The number of allylic oxidation sites excluding steroid dienone is 1. The Morgan fingerprint density at radius 2 is 2.06 bits per heavy atom. The number of phenolic OH excluding ortho intramolecular Hbond substituents is 1. The van der Waals surface area contributed by atoms with E-state index in [0.29, 0.717) is 5.75 Å². The van der Waals surface area contributed by atoms with E-state index in [4.69, 9.17) is 11.8 Å². The van der Waals surface area contributed by atoms with Gasteiger partial charge in [0.15, 0.2) is 0 Å². The predicted molar refractivity (Wildman–Crippen MR) is 73.0 cm³/mol. The highest BCUT2D eigenvalue weighted by atomic mass is 32.4. The second-order valence-corrected chi connectivity index (χ2v) is 10.4. The molecule has 3 heteroatoms. The van der Waals surface area contributed by atoms with Gasteiger partial charge in [0.05, 0.1) is 0 Å². The molecule has 0 fully saturated rings. The Bertz CT molecular complexity index is 545. The number of benzene rings is 1. The molecule has 1 N–H and O–H groups in total. The summed E-state index contributed by atoms with van der Waals surface area (Å²) in [7, 11) is 0. The van der Waals surface area contributed by atoms with Crippen molar-refractivity contribution in [2.45, 2.75) is 19.3 Å². The van der Waals surface area contributed by atoms with E-state index >= 15 is 0 Å². The monoisotopic (exact) mass is 250 g/mol. The van der Waals surface area contributed by atoms with E-state index in [-0.39, 0.29) is 0 Å². The van der Waals surface area contributed by atoms with Crippen LogP contribution in [0.4, 0.5) is 0 Å².